The number of pyridine rings is 1. The molecule has 2 heterocycles. The molecule has 5 nitrogen and oxygen atoms in total. The summed E-state index contributed by atoms with van der Waals surface area (Å²) in [4.78, 5) is 15.7. The molecule has 2 aromatic carbocycles. The Morgan fingerprint density at radius 3 is 2.55 bits per heavy atom. The summed E-state index contributed by atoms with van der Waals surface area (Å²) in [6.07, 6.45) is 5.81. The molecule has 0 bridgehead atoms. The van der Waals surface area contributed by atoms with Crippen LogP contribution >= 0.6 is 0 Å². The number of nitrogens with zero attached hydrogens (tertiary/aromatic N) is 4. The van der Waals surface area contributed by atoms with Gasteiger partial charge in [-0.1, -0.05) is 6.07 Å². The monoisotopic (exact) mass is 443 g/mol. The van der Waals surface area contributed by atoms with Gasteiger partial charge in [0, 0.05) is 23.4 Å². The Morgan fingerprint density at radius 1 is 1.09 bits per heavy atom. The van der Waals surface area contributed by atoms with Gasteiger partial charge in [-0.2, -0.15) is 0 Å². The maximum Gasteiger partial charge on any atom is 0.126 e. The number of aliphatic imine (C=N–C) groups is 2. The van der Waals surface area contributed by atoms with Crippen molar-refractivity contribution in [2.75, 3.05) is 25.5 Å². The Labute approximate surface area is 195 Å². The van der Waals surface area contributed by atoms with E-state index >= 15 is 0 Å². The lowest BCUT2D eigenvalue weighted by atomic mass is 9.96. The van der Waals surface area contributed by atoms with E-state index in [1.165, 1.54) is 6.07 Å². The predicted octanol–water partition coefficient (Wildman–Crippen LogP) is 6.42. The van der Waals surface area contributed by atoms with Crippen molar-refractivity contribution in [1.82, 2.24) is 9.88 Å². The van der Waals surface area contributed by atoms with Crippen LogP contribution in [0.4, 0.5) is 21.5 Å². The summed E-state index contributed by atoms with van der Waals surface area (Å²) >= 11 is 0. The molecule has 0 saturated carbocycles. The van der Waals surface area contributed by atoms with Gasteiger partial charge in [0.15, 0.2) is 0 Å². The topological polar surface area (TPSA) is 52.9 Å². The van der Waals surface area contributed by atoms with Crippen molar-refractivity contribution in [3.05, 3.63) is 60.0 Å². The molecule has 6 heteroatoms. The fraction of sp³-hybridized carbons (Fsp3) is 0.296. The highest BCUT2D eigenvalue weighted by Gasteiger charge is 2.18. The number of hydrogen-bond donors (Lipinski definition) is 1. The first-order valence-electron chi connectivity index (χ1n) is 11.3. The third kappa shape index (κ3) is 5.17. The second-order valence-electron chi connectivity index (χ2n) is 8.55. The van der Waals surface area contributed by atoms with Crippen LogP contribution in [0.3, 0.4) is 0 Å². The highest BCUT2D eigenvalue weighted by Crippen LogP contribution is 2.38. The molecule has 0 radical (unpaired) electrons. The van der Waals surface area contributed by atoms with Crippen molar-refractivity contribution in [2.24, 2.45) is 9.98 Å². The zero-order chi connectivity index (χ0) is 23.4. The lowest BCUT2D eigenvalue weighted by Crippen LogP contribution is -2.36. The zero-order valence-corrected chi connectivity index (χ0v) is 19.5. The third-order valence-corrected chi connectivity index (χ3v) is 6.13. The van der Waals surface area contributed by atoms with Gasteiger partial charge < -0.3 is 10.2 Å². The van der Waals surface area contributed by atoms with Gasteiger partial charge in [0.2, 0.25) is 0 Å². The lowest BCUT2D eigenvalue weighted by molar-refractivity contribution is 0.264. The average Bonchev–Trinajstić information content (AvgIpc) is 2.83. The van der Waals surface area contributed by atoms with E-state index in [4.69, 9.17) is 4.98 Å². The second-order valence-corrected chi connectivity index (χ2v) is 8.55. The number of benzene rings is 2. The summed E-state index contributed by atoms with van der Waals surface area (Å²) < 4.78 is 13.9. The highest BCUT2D eigenvalue weighted by molar-refractivity contribution is 5.86. The maximum atomic E-state index is 13.9. The standard InChI is InChI=1S/C27H30FN5/c1-5-30-25-9-7-19(15-26(25)29-3)23-16-22(32-21-10-12-33(4)13-11-21)17-31-27(23)20-6-8-24(28)18(2)14-20/h5-9,14-17,21,32H,3,10-13H2,1-2,4H3/b30-5-. The first-order chi connectivity index (χ1) is 16.0. The Morgan fingerprint density at radius 2 is 1.85 bits per heavy atom. The quantitative estimate of drug-likeness (QED) is 0.447. The Bertz CT molecular complexity index is 1180. The van der Waals surface area contributed by atoms with Crippen LogP contribution in [0.1, 0.15) is 25.3 Å². The molecule has 0 amide bonds. The Hall–Kier alpha value is -3.38. The molecule has 0 atom stereocenters. The smallest absolute Gasteiger partial charge is 0.126 e. The second kappa shape index (κ2) is 10.0. The van der Waals surface area contributed by atoms with Crippen LogP contribution in [-0.2, 0) is 0 Å². The SMILES string of the molecule is C=Nc1cc(-c2cc(NC3CCN(C)CC3)cnc2-c2ccc(F)c(C)c2)ccc1/N=C\C. The molecule has 1 aliphatic heterocycles. The van der Waals surface area contributed by atoms with E-state index in [9.17, 15) is 4.39 Å². The number of halogens is 1. The van der Waals surface area contributed by atoms with Crippen LogP contribution in [0.15, 0.2) is 58.6 Å². The summed E-state index contributed by atoms with van der Waals surface area (Å²) in [6, 6.07) is 13.6. The molecule has 4 rings (SSSR count). The summed E-state index contributed by atoms with van der Waals surface area (Å²) in [7, 11) is 2.16. The zero-order valence-electron chi connectivity index (χ0n) is 19.5. The summed E-state index contributed by atoms with van der Waals surface area (Å²) in [5, 5.41) is 3.66. The third-order valence-electron chi connectivity index (χ3n) is 6.13. The van der Waals surface area contributed by atoms with Crippen molar-refractivity contribution in [1.29, 1.82) is 0 Å². The largest absolute Gasteiger partial charge is 0.381 e. The summed E-state index contributed by atoms with van der Waals surface area (Å²) in [6.45, 7) is 9.52. The molecule has 1 aromatic heterocycles. The normalized spacial score (nSPS) is 15.2. The van der Waals surface area contributed by atoms with E-state index in [-0.39, 0.29) is 5.82 Å². The van der Waals surface area contributed by atoms with Gasteiger partial charge in [0.05, 0.1) is 29.0 Å². The molecule has 0 unspecified atom stereocenters. The van der Waals surface area contributed by atoms with Gasteiger partial charge in [-0.05, 0) is 101 Å². The number of anilines is 1. The van der Waals surface area contributed by atoms with Crippen molar-refractivity contribution < 1.29 is 4.39 Å². The molecule has 1 fully saturated rings. The molecule has 3 aromatic rings. The molecule has 170 valence electrons. The van der Waals surface area contributed by atoms with Gasteiger partial charge in [-0.15, -0.1) is 0 Å². The van der Waals surface area contributed by atoms with Gasteiger partial charge in [-0.3, -0.25) is 15.0 Å². The van der Waals surface area contributed by atoms with Crippen LogP contribution in [-0.4, -0.2) is 49.0 Å². The first kappa shape index (κ1) is 22.8. The molecular weight excluding hydrogens is 413 g/mol. The number of aryl methyl sites for hydroxylation is 1. The first-order valence-corrected chi connectivity index (χ1v) is 11.3. The van der Waals surface area contributed by atoms with E-state index in [1.54, 1.807) is 19.2 Å². The van der Waals surface area contributed by atoms with Crippen molar-refractivity contribution >= 4 is 30.0 Å². The number of hydrogen-bond acceptors (Lipinski definition) is 5. The fourth-order valence-corrected chi connectivity index (χ4v) is 4.24. The minimum absolute atomic E-state index is 0.222. The number of rotatable bonds is 6. The number of nitrogens with one attached hydrogen (secondary N) is 1. The number of piperidine rings is 1. The number of aromatic nitrogens is 1. The van der Waals surface area contributed by atoms with Gasteiger partial charge >= 0.3 is 0 Å². The Balaban J connectivity index is 1.78. The van der Waals surface area contributed by atoms with E-state index in [0.717, 1.165) is 59.7 Å². The minimum atomic E-state index is -0.222. The molecule has 0 spiro atoms. The van der Waals surface area contributed by atoms with Crippen LogP contribution in [0.2, 0.25) is 0 Å². The van der Waals surface area contributed by atoms with Gasteiger partial charge in [0.25, 0.3) is 0 Å². The predicted molar refractivity (Wildman–Crippen MR) is 137 cm³/mol. The Kier molecular flexibility index (Phi) is 6.94. The van der Waals surface area contributed by atoms with E-state index in [2.05, 4.69) is 40.0 Å². The van der Waals surface area contributed by atoms with E-state index in [0.29, 0.717) is 17.3 Å². The van der Waals surface area contributed by atoms with Crippen molar-refractivity contribution in [3.63, 3.8) is 0 Å². The summed E-state index contributed by atoms with van der Waals surface area (Å²) in [5.41, 5.74) is 6.64. The van der Waals surface area contributed by atoms with Gasteiger partial charge in [0.1, 0.15) is 5.82 Å². The van der Waals surface area contributed by atoms with E-state index in [1.807, 2.05) is 37.4 Å². The van der Waals surface area contributed by atoms with Crippen LogP contribution in [0.25, 0.3) is 22.4 Å². The maximum absolute atomic E-state index is 13.9. The number of likely N-dealkylation sites (tertiary alicyclic amines) is 1. The van der Waals surface area contributed by atoms with Crippen LogP contribution in [0.5, 0.6) is 0 Å². The lowest BCUT2D eigenvalue weighted by Gasteiger charge is -2.30. The summed E-state index contributed by atoms with van der Waals surface area (Å²) in [5.74, 6) is -0.222. The fourth-order valence-electron chi connectivity index (χ4n) is 4.24. The molecule has 0 aliphatic carbocycles. The average molecular weight is 444 g/mol. The molecule has 1 saturated heterocycles. The molecule has 33 heavy (non-hydrogen) atoms. The van der Waals surface area contributed by atoms with E-state index < -0.39 is 0 Å². The van der Waals surface area contributed by atoms with Gasteiger partial charge in [-0.25, -0.2) is 4.39 Å². The molecular formula is C27H30FN5. The van der Waals surface area contributed by atoms with Crippen molar-refractivity contribution in [3.8, 4) is 22.4 Å². The minimum Gasteiger partial charge on any atom is -0.381 e. The molecule has 1 N–H and O–H groups in total. The van der Waals surface area contributed by atoms with Crippen LogP contribution < -0.4 is 5.32 Å². The van der Waals surface area contributed by atoms with Crippen molar-refractivity contribution in [2.45, 2.75) is 32.7 Å². The van der Waals surface area contributed by atoms with Crippen LogP contribution in [0, 0.1) is 12.7 Å². The highest BCUT2D eigenvalue weighted by atomic mass is 19.1. The molecule has 1 aliphatic rings.